The van der Waals surface area contributed by atoms with E-state index in [0.29, 0.717) is 19.4 Å². The highest BCUT2D eigenvalue weighted by Gasteiger charge is 2.38. The van der Waals surface area contributed by atoms with Gasteiger partial charge in [0.1, 0.15) is 22.7 Å². The average molecular weight is 394 g/mol. The van der Waals surface area contributed by atoms with Gasteiger partial charge in [-0.2, -0.15) is 0 Å². The third-order valence-corrected chi connectivity index (χ3v) is 5.59. The van der Waals surface area contributed by atoms with Crippen molar-refractivity contribution >= 4 is 52.2 Å². The maximum absolute atomic E-state index is 13.8. The second-order valence-electron chi connectivity index (χ2n) is 5.87. The van der Waals surface area contributed by atoms with Crippen LogP contribution in [-0.4, -0.2) is 56.1 Å². The van der Waals surface area contributed by atoms with E-state index in [2.05, 4.69) is 0 Å². The van der Waals surface area contributed by atoms with E-state index in [1.165, 1.54) is 23.1 Å². The molecule has 2 fully saturated rings. The molecule has 0 spiro atoms. The number of nitrogens with zero attached hydrogens (tertiary/aromatic N) is 2. The molecule has 0 bridgehead atoms. The van der Waals surface area contributed by atoms with E-state index in [1.54, 1.807) is 12.1 Å². The van der Waals surface area contributed by atoms with Crippen molar-refractivity contribution in [1.82, 2.24) is 9.80 Å². The summed E-state index contributed by atoms with van der Waals surface area (Å²) in [6.07, 6.45) is 2.40. The number of carboxylic acids is 1. The van der Waals surface area contributed by atoms with Crippen molar-refractivity contribution in [3.05, 3.63) is 40.6 Å². The third-order valence-electron chi connectivity index (χ3n) is 4.22. The second-order valence-corrected chi connectivity index (χ2v) is 7.55. The van der Waals surface area contributed by atoms with Crippen LogP contribution in [0, 0.1) is 5.82 Å². The quantitative estimate of drug-likeness (QED) is 0.623. The molecule has 2 saturated heterocycles. The van der Waals surface area contributed by atoms with E-state index >= 15 is 0 Å². The maximum atomic E-state index is 13.8. The first kappa shape index (κ1) is 18.5. The van der Waals surface area contributed by atoms with Crippen LogP contribution in [0.2, 0.25) is 0 Å². The molecule has 0 aromatic heterocycles. The fourth-order valence-electron chi connectivity index (χ4n) is 2.92. The van der Waals surface area contributed by atoms with Gasteiger partial charge in [-0.3, -0.25) is 14.5 Å². The fourth-order valence-corrected chi connectivity index (χ4v) is 4.16. The molecule has 0 aliphatic carbocycles. The summed E-state index contributed by atoms with van der Waals surface area (Å²) in [7, 11) is 0. The first-order chi connectivity index (χ1) is 12.4. The molecule has 9 heteroatoms. The summed E-state index contributed by atoms with van der Waals surface area (Å²) in [5.41, 5.74) is 0.254. The van der Waals surface area contributed by atoms with Gasteiger partial charge in [0.05, 0.1) is 4.91 Å². The summed E-state index contributed by atoms with van der Waals surface area (Å²) in [6, 6.07) is 5.16. The third kappa shape index (κ3) is 3.63. The van der Waals surface area contributed by atoms with Crippen molar-refractivity contribution in [2.75, 3.05) is 13.1 Å². The number of rotatable bonds is 4. The number of hydrogen-bond acceptors (Lipinski definition) is 5. The number of aliphatic carboxylic acids is 1. The lowest BCUT2D eigenvalue weighted by atomic mass is 10.2. The van der Waals surface area contributed by atoms with Gasteiger partial charge in [0.25, 0.3) is 5.91 Å². The highest BCUT2D eigenvalue weighted by molar-refractivity contribution is 8.26. The largest absolute Gasteiger partial charge is 0.480 e. The topological polar surface area (TPSA) is 77.9 Å². The second kappa shape index (κ2) is 7.55. The predicted octanol–water partition coefficient (Wildman–Crippen LogP) is 2.10. The minimum atomic E-state index is -1.05. The highest BCUT2D eigenvalue weighted by atomic mass is 32.2. The molecule has 6 nitrogen and oxygen atoms in total. The Morgan fingerprint density at radius 3 is 2.81 bits per heavy atom. The van der Waals surface area contributed by atoms with Crippen LogP contribution in [0.25, 0.3) is 6.08 Å². The monoisotopic (exact) mass is 394 g/mol. The van der Waals surface area contributed by atoms with Crippen molar-refractivity contribution < 1.29 is 23.9 Å². The average Bonchev–Trinajstić information content (AvgIpc) is 3.18. The Kier molecular flexibility index (Phi) is 5.38. The van der Waals surface area contributed by atoms with Gasteiger partial charge in [0.15, 0.2) is 0 Å². The summed E-state index contributed by atoms with van der Waals surface area (Å²) in [6.45, 7) is 0.0265. The van der Waals surface area contributed by atoms with Crippen LogP contribution in [0.5, 0.6) is 0 Å². The molecule has 0 unspecified atom stereocenters. The lowest BCUT2D eigenvalue weighted by Crippen LogP contribution is -2.46. The summed E-state index contributed by atoms with van der Waals surface area (Å²) < 4.78 is 14.0. The summed E-state index contributed by atoms with van der Waals surface area (Å²) in [5.74, 6) is -2.46. The fraction of sp³-hybridized carbons (Fsp3) is 0.294. The number of thioether (sulfide) groups is 1. The Hall–Kier alpha value is -2.26. The molecule has 2 amide bonds. The molecule has 3 rings (SSSR count). The van der Waals surface area contributed by atoms with Gasteiger partial charge in [0.2, 0.25) is 5.91 Å². The van der Waals surface area contributed by atoms with Crippen molar-refractivity contribution in [3.63, 3.8) is 0 Å². The Balaban J connectivity index is 1.74. The molecule has 0 saturated carbocycles. The molecule has 1 N–H and O–H groups in total. The molecular formula is C17H15FN2O4S2. The molecular weight excluding hydrogens is 379 g/mol. The van der Waals surface area contributed by atoms with Gasteiger partial charge in [-0.25, -0.2) is 9.18 Å². The molecule has 136 valence electrons. The highest BCUT2D eigenvalue weighted by Crippen LogP contribution is 2.33. The van der Waals surface area contributed by atoms with Crippen LogP contribution >= 0.6 is 24.0 Å². The zero-order valence-electron chi connectivity index (χ0n) is 13.6. The Morgan fingerprint density at radius 1 is 1.38 bits per heavy atom. The lowest BCUT2D eigenvalue weighted by molar-refractivity contribution is -0.148. The standard InChI is InChI=1S/C17H15FN2O4S2/c18-11-5-2-1-4-10(11)8-13-15(22)20(17(25)26-13)9-14(21)19-7-3-6-12(19)16(23)24/h1-2,4-5,8,12H,3,6-7,9H2,(H,23,24)/b13-8-/t12-/m1/s1. The van der Waals surface area contributed by atoms with Crippen LogP contribution in [-0.2, 0) is 14.4 Å². The molecule has 2 heterocycles. The molecule has 1 aromatic rings. The number of amides is 2. The van der Waals surface area contributed by atoms with Crippen molar-refractivity contribution in [3.8, 4) is 0 Å². The smallest absolute Gasteiger partial charge is 0.326 e. The number of carbonyl (C=O) groups is 3. The van der Waals surface area contributed by atoms with Crippen molar-refractivity contribution in [2.45, 2.75) is 18.9 Å². The van der Waals surface area contributed by atoms with Gasteiger partial charge in [-0.1, -0.05) is 42.2 Å². The molecule has 1 aromatic carbocycles. The Morgan fingerprint density at radius 2 is 2.12 bits per heavy atom. The number of carboxylic acid groups (broad SMARTS) is 1. The molecule has 1 atom stereocenters. The Bertz CT molecular complexity index is 827. The van der Waals surface area contributed by atoms with Crippen LogP contribution < -0.4 is 0 Å². The van der Waals surface area contributed by atoms with Crippen molar-refractivity contribution in [1.29, 1.82) is 0 Å². The molecule has 26 heavy (non-hydrogen) atoms. The minimum absolute atomic E-state index is 0.192. The number of hydrogen-bond donors (Lipinski definition) is 1. The predicted molar refractivity (Wildman–Crippen MR) is 98.6 cm³/mol. The summed E-state index contributed by atoms with van der Waals surface area (Å²) in [4.78, 5) is 38.8. The van der Waals surface area contributed by atoms with Crippen LogP contribution in [0.4, 0.5) is 4.39 Å². The number of likely N-dealkylation sites (tertiary alicyclic amines) is 1. The Labute approximate surface area is 158 Å². The maximum Gasteiger partial charge on any atom is 0.326 e. The lowest BCUT2D eigenvalue weighted by Gasteiger charge is -2.24. The minimum Gasteiger partial charge on any atom is -0.480 e. The zero-order chi connectivity index (χ0) is 18.8. The van der Waals surface area contributed by atoms with E-state index in [1.807, 2.05) is 0 Å². The van der Waals surface area contributed by atoms with Crippen LogP contribution in [0.1, 0.15) is 18.4 Å². The SMILES string of the molecule is O=C(O)[C@H]1CCCN1C(=O)CN1C(=O)/C(=C/c2ccccc2F)SC1=S. The number of thiocarbonyl (C=S) groups is 1. The zero-order valence-corrected chi connectivity index (χ0v) is 15.2. The number of benzene rings is 1. The van der Waals surface area contributed by atoms with Gasteiger partial charge < -0.3 is 10.0 Å². The van der Waals surface area contributed by atoms with E-state index in [0.717, 1.165) is 16.7 Å². The number of halogens is 1. The molecule has 2 aliphatic heterocycles. The molecule has 0 radical (unpaired) electrons. The van der Waals surface area contributed by atoms with Crippen LogP contribution in [0.15, 0.2) is 29.2 Å². The van der Waals surface area contributed by atoms with Gasteiger partial charge in [-0.15, -0.1) is 0 Å². The van der Waals surface area contributed by atoms with Gasteiger partial charge in [0, 0.05) is 12.1 Å². The van der Waals surface area contributed by atoms with E-state index < -0.39 is 29.6 Å². The first-order valence-electron chi connectivity index (χ1n) is 7.90. The van der Waals surface area contributed by atoms with Crippen LogP contribution in [0.3, 0.4) is 0 Å². The van der Waals surface area contributed by atoms with E-state index in [9.17, 15) is 23.9 Å². The normalized spacial score (nSPS) is 21.7. The van der Waals surface area contributed by atoms with E-state index in [4.69, 9.17) is 12.2 Å². The summed E-state index contributed by atoms with van der Waals surface area (Å²) >= 11 is 6.16. The van der Waals surface area contributed by atoms with E-state index in [-0.39, 0.29) is 21.3 Å². The van der Waals surface area contributed by atoms with Gasteiger partial charge in [-0.05, 0) is 25.0 Å². The number of carbonyl (C=O) groups excluding carboxylic acids is 2. The first-order valence-corrected chi connectivity index (χ1v) is 9.13. The molecule has 2 aliphatic rings. The summed E-state index contributed by atoms with van der Waals surface area (Å²) in [5, 5.41) is 9.18. The van der Waals surface area contributed by atoms with Gasteiger partial charge >= 0.3 is 5.97 Å². The van der Waals surface area contributed by atoms with Crippen molar-refractivity contribution in [2.24, 2.45) is 0 Å².